The highest BCUT2D eigenvalue weighted by Crippen LogP contribution is 2.47. The molecule has 0 bridgehead atoms. The lowest BCUT2D eigenvalue weighted by molar-refractivity contribution is -0.220. The zero-order chi connectivity index (χ0) is 48.7. The highest BCUT2D eigenvalue weighted by molar-refractivity contribution is 7.47. The third-order valence-electron chi connectivity index (χ3n) is 10.5. The summed E-state index contributed by atoms with van der Waals surface area (Å²) in [6, 6.07) is 0. The molecule has 376 valence electrons. The number of rotatable bonds is 38. The number of esters is 2. The molecule has 0 amide bonds. The Morgan fingerprint density at radius 2 is 1.08 bits per heavy atom. The lowest BCUT2D eigenvalue weighted by Gasteiger charge is -2.41. The predicted octanol–water partition coefficient (Wildman–Crippen LogP) is 8.80. The third-order valence-corrected chi connectivity index (χ3v) is 11.5. The predicted molar refractivity (Wildman–Crippen MR) is 259 cm³/mol. The Kier molecular flexibility index (Phi) is 36.5. The maximum absolute atomic E-state index is 12.8. The van der Waals surface area contributed by atoms with Crippen LogP contribution >= 0.6 is 7.82 Å². The van der Waals surface area contributed by atoms with Gasteiger partial charge in [0.25, 0.3) is 0 Å². The highest BCUT2D eigenvalue weighted by atomic mass is 31.2. The number of phosphoric acid groups is 1. The molecule has 9 atom stereocenters. The van der Waals surface area contributed by atoms with Crippen molar-refractivity contribution in [3.8, 4) is 0 Å². The van der Waals surface area contributed by atoms with Gasteiger partial charge in [0, 0.05) is 12.8 Å². The van der Waals surface area contributed by atoms with Gasteiger partial charge in [-0.15, -0.1) is 0 Å². The van der Waals surface area contributed by atoms with Crippen molar-refractivity contribution in [2.24, 2.45) is 0 Å². The lowest BCUT2D eigenvalue weighted by Crippen LogP contribution is -2.64. The standard InChI is InChI=1S/C51H83O14P/c1-3-5-7-9-11-12-13-14-15-16-17-18-19-24-27-31-35-39-45(54)64-43(41-63-66(60,61)65-51-49(58)47(56)46(55)48(57)50(51)59)40-62-44(53)38-34-30-26-23-21-20-22-25-29-33-37-42(52)36-32-28-10-8-6-4-2/h6,8,11-12,14-15,20-21,25-26,28-30,32-33,37,42-43,46-52,55-59H,3-5,7,9-10,13,16-19,22-24,27,31,34-36,38-41H2,1-2H3,(H,60,61)/b8-6-,12-11-,15-14-,21-20-,29-25-,30-26-,32-28-,37-33+/t42?,43-,46?,47-,48+,49-,50-,51?/m1/s1. The molecule has 0 aromatic heterocycles. The molecule has 0 aromatic carbocycles. The first-order valence-electron chi connectivity index (χ1n) is 24.1. The molecule has 0 aromatic rings. The van der Waals surface area contributed by atoms with Crippen LogP contribution in [0.15, 0.2) is 97.2 Å². The van der Waals surface area contributed by atoms with Gasteiger partial charge in [0.15, 0.2) is 6.10 Å². The first-order valence-corrected chi connectivity index (χ1v) is 25.6. The topological polar surface area (TPSA) is 230 Å². The molecule has 0 saturated heterocycles. The Morgan fingerprint density at radius 1 is 0.561 bits per heavy atom. The maximum atomic E-state index is 12.8. The normalized spacial score (nSPS) is 22.6. The molecule has 1 rings (SSSR count). The molecule has 7 N–H and O–H groups in total. The number of aliphatic hydroxyl groups is 6. The number of aliphatic hydroxyl groups excluding tert-OH is 6. The number of allylic oxidation sites excluding steroid dienone is 14. The number of phosphoric ester groups is 1. The van der Waals surface area contributed by atoms with Crippen molar-refractivity contribution in [3.63, 3.8) is 0 Å². The van der Waals surface area contributed by atoms with Crippen LogP contribution in [0, 0.1) is 0 Å². The van der Waals surface area contributed by atoms with Gasteiger partial charge in [0.1, 0.15) is 43.2 Å². The van der Waals surface area contributed by atoms with E-state index in [0.29, 0.717) is 25.7 Å². The SMILES string of the molecule is CC/C=C\C/C=C\CC(O)/C=C/C=C\C/C=C\C/C=C\CCC(=O)OC[C@H](COP(=O)(O)OC1[C@H](O)[C@H](O)C(O)[C@H](O)[C@H]1O)OC(=O)CCCCCCCCC/C=C\C/C=C\CCCCC. The van der Waals surface area contributed by atoms with Crippen LogP contribution in [0.3, 0.4) is 0 Å². The van der Waals surface area contributed by atoms with Crippen molar-refractivity contribution in [1.29, 1.82) is 0 Å². The second kappa shape index (κ2) is 39.7. The summed E-state index contributed by atoms with van der Waals surface area (Å²) in [4.78, 5) is 35.7. The van der Waals surface area contributed by atoms with Crippen molar-refractivity contribution in [3.05, 3.63) is 97.2 Å². The summed E-state index contributed by atoms with van der Waals surface area (Å²) in [5, 5.41) is 60.2. The Hall–Kier alpha value is -3.27. The summed E-state index contributed by atoms with van der Waals surface area (Å²) < 4.78 is 33.5. The van der Waals surface area contributed by atoms with E-state index in [-0.39, 0.29) is 12.8 Å². The molecule has 4 unspecified atom stereocenters. The van der Waals surface area contributed by atoms with Crippen molar-refractivity contribution in [2.45, 2.75) is 198 Å². The van der Waals surface area contributed by atoms with E-state index < -0.39 is 81.8 Å². The molecule has 0 radical (unpaired) electrons. The van der Waals surface area contributed by atoms with E-state index in [1.165, 1.54) is 19.3 Å². The van der Waals surface area contributed by atoms with E-state index in [0.717, 1.165) is 77.0 Å². The zero-order valence-electron chi connectivity index (χ0n) is 39.6. The van der Waals surface area contributed by atoms with Gasteiger partial charge in [-0.1, -0.05) is 156 Å². The van der Waals surface area contributed by atoms with Crippen LogP contribution in [-0.2, 0) is 32.7 Å². The van der Waals surface area contributed by atoms with Gasteiger partial charge in [-0.25, -0.2) is 4.57 Å². The van der Waals surface area contributed by atoms with Crippen molar-refractivity contribution >= 4 is 19.8 Å². The highest BCUT2D eigenvalue weighted by Gasteiger charge is 2.51. The first kappa shape index (κ1) is 60.7. The lowest BCUT2D eigenvalue weighted by atomic mass is 9.85. The van der Waals surface area contributed by atoms with Crippen molar-refractivity contribution in [1.82, 2.24) is 0 Å². The Balaban J connectivity index is 2.53. The maximum Gasteiger partial charge on any atom is 0.472 e. The molecule has 14 nitrogen and oxygen atoms in total. The van der Waals surface area contributed by atoms with Crippen LogP contribution in [-0.4, -0.2) is 110 Å². The van der Waals surface area contributed by atoms with E-state index in [2.05, 4.69) is 50.3 Å². The quantitative estimate of drug-likeness (QED) is 0.0101. The monoisotopic (exact) mass is 951 g/mol. The number of hydrogen-bond donors (Lipinski definition) is 7. The second-order valence-electron chi connectivity index (χ2n) is 16.4. The van der Waals surface area contributed by atoms with Crippen LogP contribution in [0.1, 0.15) is 149 Å². The fourth-order valence-corrected chi connectivity index (χ4v) is 7.58. The van der Waals surface area contributed by atoms with E-state index in [4.69, 9.17) is 18.5 Å². The van der Waals surface area contributed by atoms with Gasteiger partial charge in [0.05, 0.1) is 12.7 Å². The summed E-state index contributed by atoms with van der Waals surface area (Å²) >= 11 is 0. The fourth-order valence-electron chi connectivity index (χ4n) is 6.60. The van der Waals surface area contributed by atoms with Gasteiger partial charge in [-0.3, -0.25) is 18.6 Å². The summed E-state index contributed by atoms with van der Waals surface area (Å²) in [6.07, 6.45) is 36.3. The van der Waals surface area contributed by atoms with Gasteiger partial charge < -0.3 is 45.0 Å². The molecular weight excluding hydrogens is 868 g/mol. The summed E-state index contributed by atoms with van der Waals surface area (Å²) in [6.45, 7) is 3.01. The van der Waals surface area contributed by atoms with E-state index in [1.807, 2.05) is 54.7 Å². The molecule has 0 spiro atoms. The number of ether oxygens (including phenoxy) is 2. The zero-order valence-corrected chi connectivity index (χ0v) is 40.4. The van der Waals surface area contributed by atoms with Gasteiger partial charge >= 0.3 is 19.8 Å². The van der Waals surface area contributed by atoms with Crippen molar-refractivity contribution in [2.75, 3.05) is 13.2 Å². The summed E-state index contributed by atoms with van der Waals surface area (Å²) in [5.74, 6) is -1.25. The fraction of sp³-hybridized carbons (Fsp3) is 0.647. The van der Waals surface area contributed by atoms with Crippen LogP contribution in [0.4, 0.5) is 0 Å². The van der Waals surface area contributed by atoms with Crippen LogP contribution in [0.2, 0.25) is 0 Å². The van der Waals surface area contributed by atoms with E-state index in [1.54, 1.807) is 6.08 Å². The minimum absolute atomic E-state index is 0.0114. The molecule has 1 fully saturated rings. The second-order valence-corrected chi connectivity index (χ2v) is 17.8. The summed E-state index contributed by atoms with van der Waals surface area (Å²) in [7, 11) is -5.16. The van der Waals surface area contributed by atoms with Crippen molar-refractivity contribution < 1.29 is 68.2 Å². The molecule has 0 aliphatic heterocycles. The van der Waals surface area contributed by atoms with Gasteiger partial charge in [-0.2, -0.15) is 0 Å². The third kappa shape index (κ3) is 31.7. The van der Waals surface area contributed by atoms with Crippen LogP contribution in [0.5, 0.6) is 0 Å². The van der Waals surface area contributed by atoms with Crippen LogP contribution in [0.25, 0.3) is 0 Å². The molecule has 66 heavy (non-hydrogen) atoms. The number of hydrogen-bond acceptors (Lipinski definition) is 13. The molecule has 1 saturated carbocycles. The average molecular weight is 951 g/mol. The minimum atomic E-state index is -5.16. The molecule has 0 heterocycles. The Morgan fingerprint density at radius 3 is 1.70 bits per heavy atom. The molecular formula is C51H83O14P. The number of unbranched alkanes of at least 4 members (excludes halogenated alkanes) is 10. The van der Waals surface area contributed by atoms with Gasteiger partial charge in [-0.05, 0) is 77.0 Å². The number of carbonyl (C=O) groups excluding carboxylic acids is 2. The minimum Gasteiger partial charge on any atom is -0.462 e. The Bertz CT molecular complexity index is 1540. The van der Waals surface area contributed by atoms with Crippen LogP contribution < -0.4 is 0 Å². The molecule has 15 heteroatoms. The van der Waals surface area contributed by atoms with E-state index >= 15 is 0 Å². The smallest absolute Gasteiger partial charge is 0.462 e. The van der Waals surface area contributed by atoms with E-state index in [9.17, 15) is 49.7 Å². The average Bonchev–Trinajstić information content (AvgIpc) is 3.29. The first-order chi connectivity index (χ1) is 31.8. The Labute approximate surface area is 394 Å². The largest absolute Gasteiger partial charge is 0.472 e. The van der Waals surface area contributed by atoms with Gasteiger partial charge in [0.2, 0.25) is 0 Å². The summed E-state index contributed by atoms with van der Waals surface area (Å²) in [5.41, 5.74) is 0. The molecule has 1 aliphatic rings. The molecule has 1 aliphatic carbocycles. The number of carbonyl (C=O) groups is 2.